The number of fused-ring (bicyclic) bond motifs is 7. The molecule has 7 nitrogen and oxygen atoms in total. The van der Waals surface area contributed by atoms with Gasteiger partial charge < -0.3 is 20.3 Å². The van der Waals surface area contributed by atoms with Crippen LogP contribution in [0.1, 0.15) is 152 Å². The second kappa shape index (κ2) is 13.6. The van der Waals surface area contributed by atoms with Crippen molar-refractivity contribution in [3.63, 3.8) is 0 Å². The van der Waals surface area contributed by atoms with Gasteiger partial charge in [-0.15, -0.1) is 0 Å². The Morgan fingerprint density at radius 2 is 1.58 bits per heavy atom. The molecule has 0 aromatic rings. The van der Waals surface area contributed by atoms with Crippen molar-refractivity contribution in [1.82, 2.24) is 5.32 Å². The summed E-state index contributed by atoms with van der Waals surface area (Å²) in [5, 5.41) is 25.3. The number of esters is 1. The third kappa shape index (κ3) is 6.24. The highest BCUT2D eigenvalue weighted by Crippen LogP contribution is 2.73. The molecule has 0 heterocycles. The summed E-state index contributed by atoms with van der Waals surface area (Å²) >= 11 is 0. The van der Waals surface area contributed by atoms with Crippen LogP contribution in [-0.4, -0.2) is 53.2 Å². The molecule has 6 aliphatic rings. The van der Waals surface area contributed by atoms with Crippen LogP contribution in [0.5, 0.6) is 0 Å². The Labute approximate surface area is 302 Å². The standard InChI is InChI=1S/C43H69NO6/c1-26(2)36-30(45)22-43(33(46)25-44-24-27-12-10-9-11-13-27)21-16-29-28(37(36)43)14-15-32-41(29,7)19-17-31-40(5,6)34(18-20-42(31,32)8)50-35(47)23-39(3,4)38(48)49/h26-29,31-34,44,46H,9-25H2,1-8H3,(H,48,49). The first-order chi connectivity index (χ1) is 23.4. The first-order valence-electron chi connectivity index (χ1n) is 20.5. The number of aliphatic hydroxyl groups excluding tert-OH is 1. The van der Waals surface area contributed by atoms with Crippen molar-refractivity contribution in [3.05, 3.63) is 11.1 Å². The van der Waals surface area contributed by atoms with Gasteiger partial charge in [0.2, 0.25) is 0 Å². The molecule has 6 rings (SSSR count). The van der Waals surface area contributed by atoms with Crippen molar-refractivity contribution in [3.8, 4) is 0 Å². The number of ketones is 1. The van der Waals surface area contributed by atoms with E-state index in [0.29, 0.717) is 42.6 Å². The van der Waals surface area contributed by atoms with Gasteiger partial charge >= 0.3 is 11.9 Å². The minimum Gasteiger partial charge on any atom is -0.481 e. The third-order valence-electron chi connectivity index (χ3n) is 16.2. The van der Waals surface area contributed by atoms with Crippen LogP contribution in [0.3, 0.4) is 0 Å². The summed E-state index contributed by atoms with van der Waals surface area (Å²) in [4.78, 5) is 38.7. The highest BCUT2D eigenvalue weighted by Gasteiger charge is 2.67. The Morgan fingerprint density at radius 3 is 2.24 bits per heavy atom. The fourth-order valence-corrected chi connectivity index (χ4v) is 13.6. The van der Waals surface area contributed by atoms with E-state index >= 15 is 0 Å². The highest BCUT2D eigenvalue weighted by atomic mass is 16.5. The van der Waals surface area contributed by atoms with Crippen molar-refractivity contribution in [1.29, 1.82) is 0 Å². The second-order valence-corrected chi connectivity index (χ2v) is 20.1. The molecule has 50 heavy (non-hydrogen) atoms. The van der Waals surface area contributed by atoms with Crippen LogP contribution >= 0.6 is 0 Å². The van der Waals surface area contributed by atoms with Crippen molar-refractivity contribution in [2.75, 3.05) is 13.1 Å². The van der Waals surface area contributed by atoms with Crippen LogP contribution in [0.25, 0.3) is 0 Å². The molecular formula is C43H69NO6. The zero-order chi connectivity index (χ0) is 36.4. The van der Waals surface area contributed by atoms with Gasteiger partial charge in [-0.2, -0.15) is 0 Å². The van der Waals surface area contributed by atoms with E-state index in [-0.39, 0.29) is 40.5 Å². The van der Waals surface area contributed by atoms with Gasteiger partial charge in [-0.25, -0.2) is 0 Å². The van der Waals surface area contributed by atoms with Gasteiger partial charge in [-0.1, -0.05) is 66.4 Å². The van der Waals surface area contributed by atoms with Crippen molar-refractivity contribution >= 4 is 17.7 Å². The summed E-state index contributed by atoms with van der Waals surface area (Å²) in [5.41, 5.74) is 0.870. The zero-order valence-electron chi connectivity index (χ0n) is 32.7. The van der Waals surface area contributed by atoms with E-state index in [1.165, 1.54) is 37.7 Å². The molecule has 5 saturated carbocycles. The SMILES string of the molecule is CC(C)C1=C2C3CCC4C(C)(CCC5C(C)(C)C(OC(=O)CC(C)(C)C(=O)O)CCC54C)C3CCC2(C(O)CNCC2CCCCC2)CC1=O. The predicted octanol–water partition coefficient (Wildman–Crippen LogP) is 8.52. The molecular weight excluding hydrogens is 626 g/mol. The summed E-state index contributed by atoms with van der Waals surface area (Å²) in [6.07, 6.45) is 14.4. The van der Waals surface area contributed by atoms with Gasteiger partial charge in [-0.3, -0.25) is 14.4 Å². The minimum absolute atomic E-state index is 0.114. The van der Waals surface area contributed by atoms with Crippen LogP contribution in [0.15, 0.2) is 11.1 Å². The highest BCUT2D eigenvalue weighted by molar-refractivity contribution is 6.00. The third-order valence-corrected chi connectivity index (χ3v) is 16.2. The number of allylic oxidation sites excluding steroid dienone is 1. The first-order valence-corrected chi connectivity index (χ1v) is 20.5. The van der Waals surface area contributed by atoms with Gasteiger partial charge in [-0.05, 0) is 137 Å². The number of ether oxygens (including phenoxy) is 1. The van der Waals surface area contributed by atoms with Crippen LogP contribution in [-0.2, 0) is 19.1 Å². The zero-order valence-corrected chi connectivity index (χ0v) is 32.7. The molecule has 0 aliphatic heterocycles. The molecule has 9 unspecified atom stereocenters. The molecule has 0 spiro atoms. The van der Waals surface area contributed by atoms with Crippen LogP contribution < -0.4 is 5.32 Å². The predicted molar refractivity (Wildman–Crippen MR) is 196 cm³/mol. The lowest BCUT2D eigenvalue weighted by Gasteiger charge is -2.69. The number of aliphatic carboxylic acids is 1. The summed E-state index contributed by atoms with van der Waals surface area (Å²) in [6.45, 7) is 18.8. The van der Waals surface area contributed by atoms with E-state index in [1.807, 2.05) is 0 Å². The number of nitrogens with one attached hydrogen (secondary N) is 1. The average molecular weight is 696 g/mol. The molecule has 9 atom stereocenters. The topological polar surface area (TPSA) is 113 Å². The number of Topliss-reactive ketones (excluding diaryl/α,β-unsaturated/α-hetero) is 1. The number of aliphatic hydroxyl groups is 1. The number of rotatable bonds is 10. The molecule has 0 aromatic heterocycles. The Kier molecular flexibility index (Phi) is 10.3. The quantitative estimate of drug-likeness (QED) is 0.197. The molecule has 0 saturated heterocycles. The molecule has 0 aromatic carbocycles. The summed E-state index contributed by atoms with van der Waals surface area (Å²) in [7, 11) is 0. The molecule has 7 heteroatoms. The summed E-state index contributed by atoms with van der Waals surface area (Å²) in [5.74, 6) is 1.58. The number of carboxylic acid groups (broad SMARTS) is 1. The Bertz CT molecular complexity index is 1360. The van der Waals surface area contributed by atoms with Crippen LogP contribution in [0.4, 0.5) is 0 Å². The van der Waals surface area contributed by atoms with Crippen LogP contribution in [0.2, 0.25) is 0 Å². The molecule has 6 aliphatic carbocycles. The van der Waals surface area contributed by atoms with E-state index in [2.05, 4.69) is 46.9 Å². The van der Waals surface area contributed by atoms with Gasteiger partial charge in [0.1, 0.15) is 6.10 Å². The lowest BCUT2D eigenvalue weighted by molar-refractivity contribution is -0.214. The second-order valence-electron chi connectivity index (χ2n) is 20.1. The maximum atomic E-state index is 13.9. The largest absolute Gasteiger partial charge is 0.481 e. The number of carbonyl (C=O) groups is 3. The molecule has 0 amide bonds. The lowest BCUT2D eigenvalue weighted by Crippen LogP contribution is -2.63. The molecule has 0 radical (unpaired) electrons. The number of hydrogen-bond acceptors (Lipinski definition) is 6. The molecule has 3 N–H and O–H groups in total. The minimum atomic E-state index is -1.15. The Morgan fingerprint density at radius 1 is 0.900 bits per heavy atom. The Balaban J connectivity index is 1.22. The molecule has 282 valence electrons. The van der Waals surface area contributed by atoms with Gasteiger partial charge in [0.25, 0.3) is 0 Å². The smallest absolute Gasteiger partial charge is 0.309 e. The first kappa shape index (κ1) is 38.0. The van der Waals surface area contributed by atoms with Gasteiger partial charge in [0.05, 0.1) is 17.9 Å². The lowest BCUT2D eigenvalue weighted by atomic mass is 9.36. The van der Waals surface area contributed by atoms with Crippen LogP contribution in [0, 0.1) is 62.6 Å². The molecule has 5 fully saturated rings. The van der Waals surface area contributed by atoms with Crippen molar-refractivity contribution < 1.29 is 29.3 Å². The van der Waals surface area contributed by atoms with Gasteiger partial charge in [0.15, 0.2) is 5.78 Å². The van der Waals surface area contributed by atoms with E-state index in [9.17, 15) is 24.6 Å². The number of carboxylic acids is 1. The maximum Gasteiger partial charge on any atom is 0.309 e. The van der Waals surface area contributed by atoms with E-state index in [4.69, 9.17) is 4.74 Å². The fraction of sp³-hybridized carbons (Fsp3) is 0.884. The van der Waals surface area contributed by atoms with E-state index < -0.39 is 28.9 Å². The molecule has 0 bridgehead atoms. The Hall–Kier alpha value is -1.73. The van der Waals surface area contributed by atoms with Gasteiger partial charge in [0, 0.05) is 23.8 Å². The average Bonchev–Trinajstić information content (AvgIpc) is 3.36. The number of hydrogen-bond donors (Lipinski definition) is 3. The van der Waals surface area contributed by atoms with E-state index in [0.717, 1.165) is 63.5 Å². The van der Waals surface area contributed by atoms with E-state index in [1.54, 1.807) is 13.8 Å². The fourth-order valence-electron chi connectivity index (χ4n) is 13.6. The summed E-state index contributed by atoms with van der Waals surface area (Å²) in [6, 6.07) is 0. The normalized spacial score (nSPS) is 39.3. The monoisotopic (exact) mass is 696 g/mol. The maximum absolute atomic E-state index is 13.9. The number of carbonyl (C=O) groups excluding carboxylic acids is 2. The van der Waals surface area contributed by atoms with Crippen molar-refractivity contribution in [2.45, 2.75) is 164 Å². The van der Waals surface area contributed by atoms with Crippen molar-refractivity contribution in [2.24, 2.45) is 62.6 Å². The summed E-state index contributed by atoms with van der Waals surface area (Å²) < 4.78 is 6.15.